The van der Waals surface area contributed by atoms with Crippen LogP contribution in [0.4, 0.5) is 0 Å². The smallest absolute Gasteiger partial charge is 0.319 e. The fourth-order valence-corrected chi connectivity index (χ4v) is 3.14. The number of hydrogen-bond donors (Lipinski definition) is 2. The van der Waals surface area contributed by atoms with Gasteiger partial charge in [-0.05, 0) is 17.7 Å². The first-order chi connectivity index (χ1) is 12.4. The Labute approximate surface area is 157 Å². The molecule has 136 valence electrons. The number of carbonyl (C=O) groups excluding carboxylic acids is 1. The number of rotatable bonds is 3. The van der Waals surface area contributed by atoms with Gasteiger partial charge in [0.25, 0.3) is 0 Å². The molecule has 0 saturated carbocycles. The number of hydrogen-bond acceptors (Lipinski definition) is 7. The van der Waals surface area contributed by atoms with Crippen LogP contribution < -0.4 is 10.2 Å². The summed E-state index contributed by atoms with van der Waals surface area (Å²) >= 11 is 12.0. The molecule has 0 spiro atoms. The standard InChI is InChI=1S/C17H13Cl2NO6/c1-24-17(23)13-12(7-2-3-9(18)10(19)4-7)15-14(26-16(13)20)11(22)5-8(6-21)25-15/h2-5,12-13,20-21H,6H2,1H3. The minimum absolute atomic E-state index is 0.000503. The van der Waals surface area contributed by atoms with E-state index in [0.29, 0.717) is 10.6 Å². The van der Waals surface area contributed by atoms with E-state index in [1.807, 2.05) is 0 Å². The summed E-state index contributed by atoms with van der Waals surface area (Å²) in [6.45, 7) is -0.517. The normalized spacial score (nSPS) is 18.8. The van der Waals surface area contributed by atoms with Crippen molar-refractivity contribution in [3.63, 3.8) is 0 Å². The highest BCUT2D eigenvalue weighted by molar-refractivity contribution is 6.42. The quantitative estimate of drug-likeness (QED) is 0.770. The number of fused-ring (bicyclic) bond motifs is 1. The van der Waals surface area contributed by atoms with E-state index in [-0.39, 0.29) is 22.3 Å². The Balaban J connectivity index is 2.29. The number of ether oxygens (including phenoxy) is 2. The summed E-state index contributed by atoms with van der Waals surface area (Å²) in [6.07, 6.45) is 0. The van der Waals surface area contributed by atoms with Gasteiger partial charge < -0.3 is 19.0 Å². The molecular formula is C17H13Cl2NO6. The van der Waals surface area contributed by atoms with Gasteiger partial charge in [-0.2, -0.15) is 0 Å². The summed E-state index contributed by atoms with van der Waals surface area (Å²) in [5.74, 6) is -3.51. The molecule has 7 nitrogen and oxygen atoms in total. The molecule has 1 aliphatic rings. The van der Waals surface area contributed by atoms with Gasteiger partial charge in [0, 0.05) is 6.07 Å². The topological polar surface area (TPSA) is 110 Å². The molecule has 0 bridgehead atoms. The highest BCUT2D eigenvalue weighted by Crippen LogP contribution is 2.43. The summed E-state index contributed by atoms with van der Waals surface area (Å²) in [6, 6.07) is 5.71. The van der Waals surface area contributed by atoms with Crippen LogP contribution in [0, 0.1) is 11.3 Å². The van der Waals surface area contributed by atoms with Crippen LogP contribution in [0.2, 0.25) is 10.0 Å². The summed E-state index contributed by atoms with van der Waals surface area (Å²) in [5, 5.41) is 17.9. The van der Waals surface area contributed by atoms with Crippen molar-refractivity contribution in [2.75, 3.05) is 7.11 Å². The third-order valence-electron chi connectivity index (χ3n) is 4.00. The zero-order valence-electron chi connectivity index (χ0n) is 13.4. The van der Waals surface area contributed by atoms with E-state index in [9.17, 15) is 14.7 Å². The summed E-state index contributed by atoms with van der Waals surface area (Å²) in [7, 11) is 1.18. The van der Waals surface area contributed by atoms with Crippen LogP contribution in [0.15, 0.2) is 33.5 Å². The predicted molar refractivity (Wildman–Crippen MR) is 93.1 cm³/mol. The molecule has 2 atom stereocenters. The average Bonchev–Trinajstić information content (AvgIpc) is 2.62. The van der Waals surface area contributed by atoms with E-state index >= 15 is 0 Å². The van der Waals surface area contributed by atoms with E-state index in [1.165, 1.54) is 19.2 Å². The lowest BCUT2D eigenvalue weighted by molar-refractivity contribution is -0.144. The van der Waals surface area contributed by atoms with Crippen molar-refractivity contribution in [1.82, 2.24) is 0 Å². The molecule has 0 saturated heterocycles. The summed E-state index contributed by atoms with van der Waals surface area (Å²) in [4.78, 5) is 24.6. The van der Waals surface area contributed by atoms with E-state index in [2.05, 4.69) is 0 Å². The minimum atomic E-state index is -1.19. The van der Waals surface area contributed by atoms with Gasteiger partial charge in [-0.25, -0.2) is 0 Å². The van der Waals surface area contributed by atoms with Gasteiger partial charge in [-0.3, -0.25) is 15.0 Å². The van der Waals surface area contributed by atoms with E-state index in [1.54, 1.807) is 6.07 Å². The molecular weight excluding hydrogens is 385 g/mol. The van der Waals surface area contributed by atoms with Gasteiger partial charge in [-0.15, -0.1) is 0 Å². The molecule has 1 aliphatic heterocycles. The maximum absolute atomic E-state index is 12.3. The molecule has 2 unspecified atom stereocenters. The average molecular weight is 398 g/mol. The first-order valence-electron chi connectivity index (χ1n) is 7.44. The Morgan fingerprint density at radius 3 is 2.65 bits per heavy atom. The second-order valence-electron chi connectivity index (χ2n) is 5.55. The fourth-order valence-electron chi connectivity index (χ4n) is 2.83. The van der Waals surface area contributed by atoms with Gasteiger partial charge in [0.1, 0.15) is 18.3 Å². The lowest BCUT2D eigenvalue weighted by Gasteiger charge is -2.30. The van der Waals surface area contributed by atoms with Gasteiger partial charge >= 0.3 is 5.97 Å². The zero-order chi connectivity index (χ0) is 19.0. The molecule has 9 heteroatoms. The van der Waals surface area contributed by atoms with Gasteiger partial charge in [-0.1, -0.05) is 29.3 Å². The van der Waals surface area contributed by atoms with Crippen molar-refractivity contribution < 1.29 is 23.8 Å². The van der Waals surface area contributed by atoms with Crippen LogP contribution in [0.1, 0.15) is 23.0 Å². The molecule has 2 N–H and O–H groups in total. The lowest BCUT2D eigenvalue weighted by Crippen LogP contribution is -2.39. The third kappa shape index (κ3) is 3.09. The van der Waals surface area contributed by atoms with Crippen molar-refractivity contribution in [1.29, 1.82) is 5.41 Å². The highest BCUT2D eigenvalue weighted by atomic mass is 35.5. The van der Waals surface area contributed by atoms with Crippen molar-refractivity contribution in [2.24, 2.45) is 5.92 Å². The molecule has 1 aromatic heterocycles. The Bertz CT molecular complexity index is 955. The molecule has 0 aliphatic carbocycles. The number of benzene rings is 1. The number of aliphatic hydroxyl groups is 1. The lowest BCUT2D eigenvalue weighted by atomic mass is 9.81. The van der Waals surface area contributed by atoms with Crippen LogP contribution in [0.5, 0.6) is 5.75 Å². The Hall–Kier alpha value is -2.35. The Kier molecular flexibility index (Phi) is 5.04. The summed E-state index contributed by atoms with van der Waals surface area (Å²) in [5.41, 5.74) is -0.101. The molecule has 0 amide bonds. The number of carbonyl (C=O) groups is 1. The SMILES string of the molecule is COC(=O)C1C(=N)Oc2c(oc(CO)cc2=O)C1c1ccc(Cl)c(Cl)c1. The first kappa shape index (κ1) is 18.4. The number of halogens is 2. The van der Waals surface area contributed by atoms with Crippen LogP contribution in [-0.2, 0) is 16.1 Å². The van der Waals surface area contributed by atoms with Crippen LogP contribution in [0.25, 0.3) is 0 Å². The maximum Gasteiger partial charge on any atom is 0.319 e. The number of methoxy groups -OCH3 is 1. The molecule has 1 aromatic carbocycles. The predicted octanol–water partition coefficient (Wildman–Crippen LogP) is 2.73. The number of aliphatic hydroxyl groups excluding tert-OH is 1. The first-order valence-corrected chi connectivity index (χ1v) is 8.19. The third-order valence-corrected chi connectivity index (χ3v) is 4.74. The number of nitrogens with one attached hydrogen (secondary N) is 1. The van der Waals surface area contributed by atoms with Gasteiger partial charge in [0.05, 0.1) is 23.1 Å². The largest absolute Gasteiger partial charge is 0.468 e. The van der Waals surface area contributed by atoms with Crippen molar-refractivity contribution >= 4 is 35.1 Å². The molecule has 2 aromatic rings. The van der Waals surface area contributed by atoms with E-state index < -0.39 is 35.7 Å². The van der Waals surface area contributed by atoms with Crippen LogP contribution in [-0.4, -0.2) is 24.1 Å². The molecule has 0 radical (unpaired) electrons. The second-order valence-corrected chi connectivity index (χ2v) is 6.36. The molecule has 3 rings (SSSR count). The minimum Gasteiger partial charge on any atom is -0.468 e. The van der Waals surface area contributed by atoms with E-state index in [4.69, 9.17) is 42.5 Å². The van der Waals surface area contributed by atoms with Gasteiger partial charge in [0.2, 0.25) is 17.1 Å². The molecule has 26 heavy (non-hydrogen) atoms. The summed E-state index contributed by atoms with van der Waals surface area (Å²) < 4.78 is 15.6. The van der Waals surface area contributed by atoms with Gasteiger partial charge in [0.15, 0.2) is 5.76 Å². The highest BCUT2D eigenvalue weighted by Gasteiger charge is 2.45. The van der Waals surface area contributed by atoms with Crippen molar-refractivity contribution in [3.05, 3.63) is 61.6 Å². The van der Waals surface area contributed by atoms with Crippen LogP contribution >= 0.6 is 23.2 Å². The van der Waals surface area contributed by atoms with E-state index in [0.717, 1.165) is 6.07 Å². The molecule has 0 fully saturated rings. The Morgan fingerprint density at radius 2 is 2.04 bits per heavy atom. The molecule has 2 heterocycles. The Morgan fingerprint density at radius 1 is 1.31 bits per heavy atom. The van der Waals surface area contributed by atoms with Crippen molar-refractivity contribution in [3.8, 4) is 5.75 Å². The fraction of sp³-hybridized carbons (Fsp3) is 0.235. The maximum atomic E-state index is 12.3. The van der Waals surface area contributed by atoms with Crippen molar-refractivity contribution in [2.45, 2.75) is 12.5 Å². The monoisotopic (exact) mass is 397 g/mol. The number of esters is 1. The van der Waals surface area contributed by atoms with Crippen LogP contribution in [0.3, 0.4) is 0 Å². The zero-order valence-corrected chi connectivity index (χ0v) is 14.9. The second kappa shape index (κ2) is 7.11.